The number of nitrogens with zero attached hydrogens (tertiary/aromatic N) is 6. The van der Waals surface area contributed by atoms with Gasteiger partial charge in [0.15, 0.2) is 5.82 Å². The van der Waals surface area contributed by atoms with Crippen LogP contribution in [0, 0.1) is 13.8 Å². The van der Waals surface area contributed by atoms with Crippen molar-refractivity contribution in [3.63, 3.8) is 0 Å². The minimum Gasteiger partial charge on any atom is -0.369 e. The Balaban J connectivity index is 1.41. The summed E-state index contributed by atoms with van der Waals surface area (Å²) < 4.78 is 1.96. The van der Waals surface area contributed by atoms with Crippen molar-refractivity contribution in [1.82, 2.24) is 25.1 Å². The summed E-state index contributed by atoms with van der Waals surface area (Å²) in [5, 5.41) is 15.0. The third-order valence-electron chi connectivity index (χ3n) is 6.40. The Morgan fingerprint density at radius 3 is 2.47 bits per heavy atom. The molecule has 0 amide bonds. The minimum absolute atomic E-state index is 0.0342. The quantitative estimate of drug-likeness (QED) is 0.444. The van der Waals surface area contributed by atoms with Crippen LogP contribution in [0.25, 0.3) is 0 Å². The zero-order valence-electron chi connectivity index (χ0n) is 18.6. The molecule has 4 aromatic rings. The summed E-state index contributed by atoms with van der Waals surface area (Å²) in [6.45, 7) is 9.00. The first-order valence-corrected chi connectivity index (χ1v) is 12.0. The fraction of sp³-hybridized carbons (Fsp3) is 0.320. The number of rotatable bonds is 6. The number of tetrazole rings is 1. The molecule has 0 radical (unpaired) electrons. The van der Waals surface area contributed by atoms with Gasteiger partial charge in [0.25, 0.3) is 0 Å². The highest BCUT2D eigenvalue weighted by Crippen LogP contribution is 2.30. The van der Waals surface area contributed by atoms with Gasteiger partial charge in [-0.1, -0.05) is 48.5 Å². The van der Waals surface area contributed by atoms with Gasteiger partial charge in [-0.2, -0.15) is 0 Å². The van der Waals surface area contributed by atoms with E-state index in [4.69, 9.17) is 0 Å². The number of aryl methyl sites for hydroxylation is 1. The SMILES string of the molecule is Cc1cccc(N2CCN([C@H](c3ccccc3)c3nnnn3Cc3cccs3)CC2)c1C. The molecule has 32 heavy (non-hydrogen) atoms. The van der Waals surface area contributed by atoms with Crippen LogP contribution >= 0.6 is 11.3 Å². The van der Waals surface area contributed by atoms with E-state index in [1.165, 1.54) is 27.3 Å². The van der Waals surface area contributed by atoms with Gasteiger partial charge in [0.05, 0.1) is 12.6 Å². The summed E-state index contributed by atoms with van der Waals surface area (Å²) in [5.41, 5.74) is 5.30. The minimum atomic E-state index is 0.0342. The smallest absolute Gasteiger partial charge is 0.173 e. The summed E-state index contributed by atoms with van der Waals surface area (Å²) in [4.78, 5) is 6.29. The van der Waals surface area contributed by atoms with Gasteiger partial charge in [-0.05, 0) is 58.5 Å². The number of anilines is 1. The predicted molar refractivity (Wildman–Crippen MR) is 129 cm³/mol. The highest BCUT2D eigenvalue weighted by Gasteiger charge is 2.31. The fourth-order valence-electron chi connectivity index (χ4n) is 4.53. The topological polar surface area (TPSA) is 50.1 Å². The van der Waals surface area contributed by atoms with Crippen molar-refractivity contribution in [1.29, 1.82) is 0 Å². The van der Waals surface area contributed by atoms with E-state index in [1.807, 2.05) is 4.68 Å². The van der Waals surface area contributed by atoms with Crippen molar-refractivity contribution >= 4 is 17.0 Å². The number of thiophene rings is 1. The average molecular weight is 445 g/mol. The van der Waals surface area contributed by atoms with E-state index in [1.54, 1.807) is 11.3 Å². The van der Waals surface area contributed by atoms with Crippen molar-refractivity contribution in [2.75, 3.05) is 31.1 Å². The Morgan fingerprint density at radius 2 is 1.72 bits per heavy atom. The maximum atomic E-state index is 4.50. The molecular weight excluding hydrogens is 416 g/mol. The Bertz CT molecular complexity index is 1150. The lowest BCUT2D eigenvalue weighted by Gasteiger charge is -2.40. The lowest BCUT2D eigenvalue weighted by atomic mass is 10.0. The lowest BCUT2D eigenvalue weighted by Crippen LogP contribution is -2.48. The summed E-state index contributed by atoms with van der Waals surface area (Å²) in [7, 11) is 0. The Kier molecular flexibility index (Phi) is 6.01. The Hall–Kier alpha value is -3.03. The van der Waals surface area contributed by atoms with Gasteiger partial charge >= 0.3 is 0 Å². The maximum absolute atomic E-state index is 4.50. The lowest BCUT2D eigenvalue weighted by molar-refractivity contribution is 0.201. The van der Waals surface area contributed by atoms with Crippen LogP contribution in [0.3, 0.4) is 0 Å². The summed E-state index contributed by atoms with van der Waals surface area (Å²) >= 11 is 1.74. The highest BCUT2D eigenvalue weighted by atomic mass is 32.1. The van der Waals surface area contributed by atoms with E-state index < -0.39 is 0 Å². The molecular formula is C25H28N6S. The predicted octanol–water partition coefficient (Wildman–Crippen LogP) is 4.31. The molecule has 2 aromatic heterocycles. The van der Waals surface area contributed by atoms with Crippen molar-refractivity contribution in [2.24, 2.45) is 0 Å². The van der Waals surface area contributed by atoms with Gasteiger partial charge in [0.1, 0.15) is 0 Å². The van der Waals surface area contributed by atoms with Crippen LogP contribution in [0.15, 0.2) is 66.0 Å². The van der Waals surface area contributed by atoms with Crippen LogP contribution in [0.2, 0.25) is 0 Å². The van der Waals surface area contributed by atoms with Crippen molar-refractivity contribution < 1.29 is 0 Å². The van der Waals surface area contributed by atoms with Crippen molar-refractivity contribution in [2.45, 2.75) is 26.4 Å². The first kappa shape index (κ1) is 20.8. The molecule has 0 unspecified atom stereocenters. The molecule has 5 rings (SSSR count). The average Bonchev–Trinajstić information content (AvgIpc) is 3.50. The summed E-state index contributed by atoms with van der Waals surface area (Å²) in [6, 6.07) is 21.5. The third kappa shape index (κ3) is 4.18. The molecule has 1 fully saturated rings. The zero-order chi connectivity index (χ0) is 21.9. The van der Waals surface area contributed by atoms with E-state index in [2.05, 4.69) is 105 Å². The molecule has 6 nitrogen and oxygen atoms in total. The third-order valence-corrected chi connectivity index (χ3v) is 7.26. The van der Waals surface area contributed by atoms with E-state index in [-0.39, 0.29) is 6.04 Å². The molecule has 0 spiro atoms. The second-order valence-electron chi connectivity index (χ2n) is 8.33. The molecule has 164 valence electrons. The van der Waals surface area contributed by atoms with Crippen LogP contribution in [0.4, 0.5) is 5.69 Å². The Morgan fingerprint density at radius 1 is 0.906 bits per heavy atom. The van der Waals surface area contributed by atoms with E-state index >= 15 is 0 Å². The van der Waals surface area contributed by atoms with E-state index in [0.717, 1.165) is 32.0 Å². The molecule has 0 N–H and O–H groups in total. The van der Waals surface area contributed by atoms with Crippen LogP contribution < -0.4 is 4.90 Å². The molecule has 1 atom stereocenters. The van der Waals surface area contributed by atoms with Gasteiger partial charge in [-0.25, -0.2) is 4.68 Å². The monoisotopic (exact) mass is 444 g/mol. The molecule has 0 saturated carbocycles. The van der Waals surface area contributed by atoms with Crippen molar-refractivity contribution in [3.05, 3.63) is 93.4 Å². The zero-order valence-corrected chi connectivity index (χ0v) is 19.4. The number of hydrogen-bond acceptors (Lipinski definition) is 6. The molecule has 1 saturated heterocycles. The van der Waals surface area contributed by atoms with Gasteiger partial charge in [-0.15, -0.1) is 16.4 Å². The van der Waals surface area contributed by atoms with Crippen molar-refractivity contribution in [3.8, 4) is 0 Å². The molecule has 0 aliphatic carbocycles. The highest BCUT2D eigenvalue weighted by molar-refractivity contribution is 7.09. The largest absolute Gasteiger partial charge is 0.369 e. The van der Waals surface area contributed by atoms with Crippen LogP contribution in [0.1, 0.15) is 33.4 Å². The van der Waals surface area contributed by atoms with Gasteiger partial charge in [0.2, 0.25) is 0 Å². The van der Waals surface area contributed by atoms with Gasteiger partial charge < -0.3 is 4.90 Å². The standard InChI is InChI=1S/C25H28N6S/c1-19-8-6-12-23(20(19)2)29-13-15-30(16-14-29)24(21-9-4-3-5-10-21)25-26-27-28-31(25)18-22-11-7-17-32-22/h3-12,17,24H,13-16,18H2,1-2H3/t24-/m1/s1. The first-order valence-electron chi connectivity index (χ1n) is 11.1. The maximum Gasteiger partial charge on any atom is 0.173 e. The molecule has 1 aliphatic rings. The Labute approximate surface area is 193 Å². The number of benzene rings is 2. The second-order valence-corrected chi connectivity index (χ2v) is 9.36. The molecule has 0 bridgehead atoms. The molecule has 3 heterocycles. The van der Waals surface area contributed by atoms with Gasteiger partial charge in [-0.3, -0.25) is 4.90 Å². The molecule has 7 heteroatoms. The van der Waals surface area contributed by atoms with E-state index in [9.17, 15) is 0 Å². The summed E-state index contributed by atoms with van der Waals surface area (Å²) in [6.07, 6.45) is 0. The number of piperazine rings is 1. The molecule has 2 aromatic carbocycles. The van der Waals surface area contributed by atoms with Crippen LogP contribution in [-0.2, 0) is 6.54 Å². The fourth-order valence-corrected chi connectivity index (χ4v) is 5.21. The van der Waals surface area contributed by atoms with Gasteiger partial charge in [0, 0.05) is 36.7 Å². The van der Waals surface area contributed by atoms with E-state index in [0.29, 0.717) is 6.54 Å². The number of hydrogen-bond donors (Lipinski definition) is 0. The second kappa shape index (κ2) is 9.22. The first-order chi connectivity index (χ1) is 15.7. The summed E-state index contributed by atoms with van der Waals surface area (Å²) in [5.74, 6) is 0.907. The van der Waals surface area contributed by atoms with Crippen LogP contribution in [0.5, 0.6) is 0 Å². The van der Waals surface area contributed by atoms with Crippen LogP contribution in [-0.4, -0.2) is 51.3 Å². The normalized spacial score (nSPS) is 15.8. The number of aromatic nitrogens is 4. The molecule has 1 aliphatic heterocycles.